The lowest BCUT2D eigenvalue weighted by molar-refractivity contribution is -0.00584. The van der Waals surface area contributed by atoms with E-state index in [1.807, 2.05) is 0 Å². The molecule has 1 fully saturated rings. The van der Waals surface area contributed by atoms with Crippen molar-refractivity contribution in [1.29, 1.82) is 0 Å². The van der Waals surface area contributed by atoms with E-state index in [9.17, 15) is 0 Å². The van der Waals surface area contributed by atoms with Crippen molar-refractivity contribution in [3.05, 3.63) is 0 Å². The Morgan fingerprint density at radius 3 is 1.74 bits per heavy atom. The first-order valence-electron chi connectivity index (χ1n) is 8.53. The predicted molar refractivity (Wildman–Crippen MR) is 84.8 cm³/mol. The first-order valence-corrected chi connectivity index (χ1v) is 8.97. The predicted octanol–water partition coefficient (Wildman–Crippen LogP) is 6.29. The van der Waals surface area contributed by atoms with Crippen molar-refractivity contribution in [2.45, 2.75) is 103 Å². The van der Waals surface area contributed by atoms with Crippen molar-refractivity contribution in [2.24, 2.45) is 5.92 Å². The molecular formula is C17H33ClO. The maximum absolute atomic E-state index is 6.37. The maximum Gasteiger partial charge on any atom is 0.134 e. The van der Waals surface area contributed by atoms with Gasteiger partial charge in [0.05, 0.1) is 6.10 Å². The average Bonchev–Trinajstić information content (AvgIpc) is 2.40. The minimum Gasteiger partial charge on any atom is -0.359 e. The van der Waals surface area contributed by atoms with E-state index in [1.54, 1.807) is 0 Å². The number of hydrogen-bond donors (Lipinski definition) is 0. The highest BCUT2D eigenvalue weighted by atomic mass is 35.5. The molecule has 0 amide bonds. The molecular weight excluding hydrogens is 256 g/mol. The van der Waals surface area contributed by atoms with Crippen molar-refractivity contribution < 1.29 is 4.74 Å². The quantitative estimate of drug-likeness (QED) is 0.553. The van der Waals surface area contributed by atoms with Crippen LogP contribution in [0.2, 0.25) is 0 Å². The second-order valence-corrected chi connectivity index (χ2v) is 6.68. The third-order valence-electron chi connectivity index (χ3n) is 4.47. The van der Waals surface area contributed by atoms with Crippen LogP contribution < -0.4 is 0 Å². The normalized spacial score (nSPS) is 24.2. The van der Waals surface area contributed by atoms with Gasteiger partial charge in [0, 0.05) is 0 Å². The molecule has 0 N–H and O–H groups in total. The minimum absolute atomic E-state index is 0.0945. The van der Waals surface area contributed by atoms with Gasteiger partial charge in [-0.25, -0.2) is 0 Å². The Bertz CT molecular complexity index is 195. The zero-order valence-electron chi connectivity index (χ0n) is 13.0. The van der Waals surface area contributed by atoms with E-state index >= 15 is 0 Å². The van der Waals surface area contributed by atoms with E-state index in [4.69, 9.17) is 16.3 Å². The van der Waals surface area contributed by atoms with E-state index in [-0.39, 0.29) is 5.56 Å². The van der Waals surface area contributed by atoms with Gasteiger partial charge in [-0.2, -0.15) is 0 Å². The first-order chi connectivity index (χ1) is 9.24. The SMILES string of the molecule is CCC(C)C(Cl)OC1CCCCCCCCCCC1. The Hall–Kier alpha value is 0.250. The van der Waals surface area contributed by atoms with Crippen LogP contribution >= 0.6 is 11.6 Å². The molecule has 2 unspecified atom stereocenters. The van der Waals surface area contributed by atoms with Crippen molar-refractivity contribution in [3.8, 4) is 0 Å². The smallest absolute Gasteiger partial charge is 0.134 e. The van der Waals surface area contributed by atoms with Crippen molar-refractivity contribution in [1.82, 2.24) is 0 Å². The van der Waals surface area contributed by atoms with Crippen molar-refractivity contribution in [3.63, 3.8) is 0 Å². The lowest BCUT2D eigenvalue weighted by Gasteiger charge is -2.25. The Kier molecular flexibility index (Phi) is 9.99. The Morgan fingerprint density at radius 2 is 1.32 bits per heavy atom. The fourth-order valence-corrected chi connectivity index (χ4v) is 3.09. The summed E-state index contributed by atoms with van der Waals surface area (Å²) in [4.78, 5) is 0. The van der Waals surface area contributed by atoms with Gasteiger partial charge in [-0.15, -0.1) is 0 Å². The van der Waals surface area contributed by atoms with E-state index in [0.29, 0.717) is 12.0 Å². The van der Waals surface area contributed by atoms with Crippen LogP contribution in [0.1, 0.15) is 90.9 Å². The number of halogens is 1. The van der Waals surface area contributed by atoms with E-state index < -0.39 is 0 Å². The summed E-state index contributed by atoms with van der Waals surface area (Å²) in [6, 6.07) is 0. The zero-order valence-corrected chi connectivity index (χ0v) is 13.8. The second-order valence-electron chi connectivity index (χ2n) is 6.25. The molecule has 19 heavy (non-hydrogen) atoms. The fourth-order valence-electron chi connectivity index (χ4n) is 2.77. The van der Waals surface area contributed by atoms with Gasteiger partial charge in [0.15, 0.2) is 0 Å². The molecule has 0 bridgehead atoms. The molecule has 0 aromatic carbocycles. The van der Waals surface area contributed by atoms with Gasteiger partial charge in [0.1, 0.15) is 5.56 Å². The number of hydrogen-bond acceptors (Lipinski definition) is 1. The van der Waals surface area contributed by atoms with Gasteiger partial charge in [-0.05, 0) is 25.2 Å². The molecule has 0 aliphatic heterocycles. The van der Waals surface area contributed by atoms with Crippen LogP contribution in [0.15, 0.2) is 0 Å². The van der Waals surface area contributed by atoms with Gasteiger partial charge >= 0.3 is 0 Å². The van der Waals surface area contributed by atoms with Gasteiger partial charge in [0.25, 0.3) is 0 Å². The summed E-state index contributed by atoms with van der Waals surface area (Å²) >= 11 is 6.37. The minimum atomic E-state index is -0.0945. The molecule has 0 saturated heterocycles. The molecule has 2 atom stereocenters. The van der Waals surface area contributed by atoms with Gasteiger partial charge < -0.3 is 4.74 Å². The summed E-state index contributed by atoms with van der Waals surface area (Å²) < 4.78 is 6.11. The standard InChI is InChI=1S/C17H33ClO/c1-3-15(2)17(18)19-16-13-11-9-7-5-4-6-8-10-12-14-16/h15-17H,3-14H2,1-2H3. The highest BCUT2D eigenvalue weighted by Crippen LogP contribution is 2.24. The molecule has 1 saturated carbocycles. The van der Waals surface area contributed by atoms with Crippen LogP contribution in [0.5, 0.6) is 0 Å². The molecule has 0 radical (unpaired) electrons. The average molecular weight is 289 g/mol. The Balaban J connectivity index is 2.33. The Morgan fingerprint density at radius 1 is 0.895 bits per heavy atom. The maximum atomic E-state index is 6.37. The highest BCUT2D eigenvalue weighted by Gasteiger charge is 2.19. The number of alkyl halides is 1. The van der Waals surface area contributed by atoms with Crippen LogP contribution in [-0.4, -0.2) is 11.7 Å². The van der Waals surface area contributed by atoms with Gasteiger partial charge in [-0.1, -0.05) is 83.2 Å². The summed E-state index contributed by atoms with van der Waals surface area (Å²) in [6.45, 7) is 4.37. The molecule has 2 heteroatoms. The topological polar surface area (TPSA) is 9.23 Å². The molecule has 1 rings (SSSR count). The van der Waals surface area contributed by atoms with Crippen LogP contribution in [0.25, 0.3) is 0 Å². The zero-order chi connectivity index (χ0) is 13.9. The Labute approximate surface area is 125 Å². The first kappa shape index (κ1) is 17.3. The molecule has 1 nitrogen and oxygen atoms in total. The molecule has 114 valence electrons. The fraction of sp³-hybridized carbons (Fsp3) is 1.00. The van der Waals surface area contributed by atoms with Crippen molar-refractivity contribution >= 4 is 11.6 Å². The molecule has 1 aliphatic rings. The number of ether oxygens (including phenoxy) is 1. The summed E-state index contributed by atoms with van der Waals surface area (Å²) in [6.07, 6.45) is 16.4. The van der Waals surface area contributed by atoms with Crippen molar-refractivity contribution in [2.75, 3.05) is 0 Å². The highest BCUT2D eigenvalue weighted by molar-refractivity contribution is 6.19. The molecule has 0 spiro atoms. The third-order valence-corrected chi connectivity index (χ3v) is 5.00. The molecule has 0 heterocycles. The third kappa shape index (κ3) is 8.19. The monoisotopic (exact) mass is 288 g/mol. The van der Waals surface area contributed by atoms with Gasteiger partial charge in [0.2, 0.25) is 0 Å². The van der Waals surface area contributed by atoms with Crippen LogP contribution in [-0.2, 0) is 4.74 Å². The summed E-state index contributed by atoms with van der Waals surface area (Å²) in [5, 5.41) is 0. The van der Waals surface area contributed by atoms with E-state index in [0.717, 1.165) is 6.42 Å². The van der Waals surface area contributed by atoms with Crippen LogP contribution in [0.3, 0.4) is 0 Å². The molecule has 0 aromatic rings. The number of rotatable bonds is 4. The lowest BCUT2D eigenvalue weighted by Crippen LogP contribution is -2.23. The molecule has 0 aromatic heterocycles. The van der Waals surface area contributed by atoms with E-state index in [2.05, 4.69) is 13.8 Å². The second kappa shape index (κ2) is 11.0. The van der Waals surface area contributed by atoms with Gasteiger partial charge in [-0.3, -0.25) is 0 Å². The van der Waals surface area contributed by atoms with Crippen LogP contribution in [0.4, 0.5) is 0 Å². The summed E-state index contributed by atoms with van der Waals surface area (Å²) in [5.74, 6) is 0.461. The summed E-state index contributed by atoms with van der Waals surface area (Å²) in [5.41, 5.74) is -0.0945. The summed E-state index contributed by atoms with van der Waals surface area (Å²) in [7, 11) is 0. The lowest BCUT2D eigenvalue weighted by atomic mass is 9.99. The van der Waals surface area contributed by atoms with E-state index in [1.165, 1.54) is 70.6 Å². The van der Waals surface area contributed by atoms with Crippen LogP contribution in [0, 0.1) is 5.92 Å². The molecule has 1 aliphatic carbocycles. The largest absolute Gasteiger partial charge is 0.359 e.